The summed E-state index contributed by atoms with van der Waals surface area (Å²) in [6.45, 7) is 4.30. The van der Waals surface area contributed by atoms with Gasteiger partial charge >= 0.3 is 0 Å². The highest BCUT2D eigenvalue weighted by molar-refractivity contribution is 5.75. The van der Waals surface area contributed by atoms with E-state index in [-0.39, 0.29) is 18.0 Å². The van der Waals surface area contributed by atoms with Crippen LogP contribution >= 0.6 is 0 Å². The van der Waals surface area contributed by atoms with Gasteiger partial charge in [0.15, 0.2) is 0 Å². The van der Waals surface area contributed by atoms with Crippen molar-refractivity contribution in [1.82, 2.24) is 24.8 Å². The number of aromatic nitrogens is 4. The summed E-state index contributed by atoms with van der Waals surface area (Å²) in [5, 5.41) is 9.07. The van der Waals surface area contributed by atoms with Crippen LogP contribution in [0.1, 0.15) is 11.4 Å². The normalized spacial score (nSPS) is 10.4. The van der Waals surface area contributed by atoms with Crippen LogP contribution < -0.4 is 26.2 Å². The zero-order chi connectivity index (χ0) is 22.2. The number of hydrogen-bond donors (Lipinski definition) is 3. The number of methoxy groups -OCH3 is 1. The van der Waals surface area contributed by atoms with E-state index in [1.54, 1.807) is 14.0 Å². The van der Waals surface area contributed by atoms with E-state index in [0.29, 0.717) is 30.5 Å². The van der Waals surface area contributed by atoms with Gasteiger partial charge in [-0.05, 0) is 38.1 Å². The first-order valence-electron chi connectivity index (χ1n) is 9.73. The third kappa shape index (κ3) is 6.53. The van der Waals surface area contributed by atoms with Gasteiger partial charge in [-0.1, -0.05) is 0 Å². The molecule has 31 heavy (non-hydrogen) atoms. The molecule has 2 aromatic heterocycles. The van der Waals surface area contributed by atoms with Crippen LogP contribution in [-0.4, -0.2) is 45.6 Å². The average molecular weight is 423 g/mol. The minimum absolute atomic E-state index is 0.0804. The van der Waals surface area contributed by atoms with E-state index in [2.05, 4.69) is 30.9 Å². The van der Waals surface area contributed by atoms with Gasteiger partial charge in [0.05, 0.1) is 13.4 Å². The maximum atomic E-state index is 12.0. The molecule has 1 amide bonds. The zero-order valence-corrected chi connectivity index (χ0v) is 17.7. The van der Waals surface area contributed by atoms with Gasteiger partial charge in [-0.2, -0.15) is 4.98 Å². The Morgan fingerprint density at radius 2 is 1.84 bits per heavy atom. The molecule has 10 nitrogen and oxygen atoms in total. The lowest BCUT2D eigenvalue weighted by atomic mass is 10.3. The number of rotatable bonds is 9. The number of aryl methyl sites for hydroxylation is 2. The Balaban J connectivity index is 1.49. The second kappa shape index (κ2) is 10.2. The smallest absolute Gasteiger partial charge is 0.253 e. The largest absolute Gasteiger partial charge is 0.497 e. The van der Waals surface area contributed by atoms with Crippen LogP contribution in [0, 0.1) is 13.8 Å². The van der Waals surface area contributed by atoms with Crippen LogP contribution in [-0.2, 0) is 11.3 Å². The molecule has 0 saturated heterocycles. The average Bonchev–Trinajstić information content (AvgIpc) is 2.73. The van der Waals surface area contributed by atoms with Gasteiger partial charge < -0.3 is 20.7 Å². The van der Waals surface area contributed by atoms with Gasteiger partial charge in [0.25, 0.3) is 5.56 Å². The molecule has 3 aromatic rings. The van der Waals surface area contributed by atoms with E-state index in [1.165, 1.54) is 17.0 Å². The molecule has 0 fully saturated rings. The highest BCUT2D eigenvalue weighted by atomic mass is 16.5. The van der Waals surface area contributed by atoms with Crippen LogP contribution in [0.4, 0.5) is 17.5 Å². The highest BCUT2D eigenvalue weighted by Crippen LogP contribution is 2.19. The Bertz CT molecular complexity index is 1100. The Labute approximate surface area is 179 Å². The lowest BCUT2D eigenvalue weighted by Crippen LogP contribution is -2.34. The van der Waals surface area contributed by atoms with E-state index in [9.17, 15) is 9.59 Å². The number of amides is 1. The molecule has 0 saturated carbocycles. The van der Waals surface area contributed by atoms with Crippen LogP contribution in [0.15, 0.2) is 47.5 Å². The first-order valence-corrected chi connectivity index (χ1v) is 9.73. The predicted octanol–water partition coefficient (Wildman–Crippen LogP) is 1.63. The summed E-state index contributed by atoms with van der Waals surface area (Å²) in [6, 6.07) is 10.7. The second-order valence-corrected chi connectivity index (χ2v) is 6.84. The highest BCUT2D eigenvalue weighted by Gasteiger charge is 2.06. The van der Waals surface area contributed by atoms with Gasteiger partial charge in [-0.15, -0.1) is 0 Å². The molecule has 10 heteroatoms. The molecule has 0 unspecified atom stereocenters. The second-order valence-electron chi connectivity index (χ2n) is 6.84. The molecular formula is C21H25N7O3. The van der Waals surface area contributed by atoms with Crippen molar-refractivity contribution in [3.05, 3.63) is 64.5 Å². The predicted molar refractivity (Wildman–Crippen MR) is 118 cm³/mol. The molecule has 3 N–H and O–H groups in total. The first kappa shape index (κ1) is 21.8. The van der Waals surface area contributed by atoms with Crippen molar-refractivity contribution in [2.75, 3.05) is 30.8 Å². The molecule has 0 spiro atoms. The molecule has 1 aromatic carbocycles. The molecule has 162 valence electrons. The molecule has 0 bridgehead atoms. The van der Waals surface area contributed by atoms with Crippen LogP contribution in [0.2, 0.25) is 0 Å². The third-order valence-electron chi connectivity index (χ3n) is 4.28. The lowest BCUT2D eigenvalue weighted by Gasteiger charge is -2.11. The lowest BCUT2D eigenvalue weighted by molar-refractivity contribution is -0.121. The fourth-order valence-corrected chi connectivity index (χ4v) is 2.76. The fraction of sp³-hybridized carbons (Fsp3) is 0.286. The van der Waals surface area contributed by atoms with Crippen molar-refractivity contribution in [2.45, 2.75) is 20.4 Å². The Morgan fingerprint density at radius 1 is 1.06 bits per heavy atom. The number of carbonyl (C=O) groups excluding carboxylic acids is 1. The molecule has 0 aliphatic carbocycles. The summed E-state index contributed by atoms with van der Waals surface area (Å²) in [7, 11) is 1.62. The number of hydrogen-bond acceptors (Lipinski definition) is 8. The molecule has 2 heterocycles. The maximum absolute atomic E-state index is 12.0. The number of nitrogens with zero attached hydrogens (tertiary/aromatic N) is 4. The van der Waals surface area contributed by atoms with E-state index in [4.69, 9.17) is 4.74 Å². The first-order chi connectivity index (χ1) is 14.9. The van der Waals surface area contributed by atoms with Crippen molar-refractivity contribution >= 4 is 23.4 Å². The summed E-state index contributed by atoms with van der Waals surface area (Å²) >= 11 is 0. The number of ether oxygens (including phenoxy) is 1. The molecule has 0 atom stereocenters. The Hall–Kier alpha value is -3.95. The molecule has 0 aliphatic rings. The number of nitrogens with one attached hydrogen (secondary N) is 3. The third-order valence-corrected chi connectivity index (χ3v) is 4.28. The topological polar surface area (TPSA) is 123 Å². The van der Waals surface area contributed by atoms with E-state index >= 15 is 0 Å². The van der Waals surface area contributed by atoms with Gasteiger partial charge in [-0.3, -0.25) is 14.2 Å². The van der Waals surface area contributed by atoms with Crippen molar-refractivity contribution < 1.29 is 9.53 Å². The number of benzene rings is 1. The van der Waals surface area contributed by atoms with Crippen LogP contribution in [0.25, 0.3) is 0 Å². The van der Waals surface area contributed by atoms with E-state index in [0.717, 1.165) is 17.1 Å². The van der Waals surface area contributed by atoms with Crippen molar-refractivity contribution in [2.24, 2.45) is 0 Å². The van der Waals surface area contributed by atoms with Crippen LogP contribution in [0.5, 0.6) is 5.75 Å². The van der Waals surface area contributed by atoms with Gasteiger partial charge in [0.1, 0.15) is 18.1 Å². The van der Waals surface area contributed by atoms with E-state index < -0.39 is 0 Å². The van der Waals surface area contributed by atoms with Gasteiger partial charge in [0.2, 0.25) is 11.9 Å². The monoisotopic (exact) mass is 423 g/mol. The fourth-order valence-electron chi connectivity index (χ4n) is 2.76. The number of carbonyl (C=O) groups is 1. The summed E-state index contributed by atoms with van der Waals surface area (Å²) in [5.74, 6) is 1.60. The summed E-state index contributed by atoms with van der Waals surface area (Å²) in [6.07, 6.45) is 1.37. The van der Waals surface area contributed by atoms with E-state index in [1.807, 2.05) is 37.3 Å². The summed E-state index contributed by atoms with van der Waals surface area (Å²) < 4.78 is 6.42. The minimum Gasteiger partial charge on any atom is -0.497 e. The van der Waals surface area contributed by atoms with Gasteiger partial charge in [-0.25, -0.2) is 9.97 Å². The Morgan fingerprint density at radius 3 is 2.55 bits per heavy atom. The van der Waals surface area contributed by atoms with Crippen LogP contribution in [0.3, 0.4) is 0 Å². The maximum Gasteiger partial charge on any atom is 0.253 e. The quantitative estimate of drug-likeness (QED) is 0.444. The standard InChI is InChI=1S/C21H25N7O3/c1-14-11-20(30)28(13-24-14)12-19(29)22-8-9-23-21-25-15(2)10-18(27-21)26-16-4-6-17(31-3)7-5-16/h4-7,10-11,13H,8-9,12H2,1-3H3,(H,22,29)(H2,23,25,26,27). The summed E-state index contributed by atoms with van der Waals surface area (Å²) in [4.78, 5) is 36.7. The van der Waals surface area contributed by atoms with Crippen molar-refractivity contribution in [3.8, 4) is 5.75 Å². The molecular weight excluding hydrogens is 398 g/mol. The SMILES string of the molecule is COc1ccc(Nc2cc(C)nc(NCCNC(=O)Cn3cnc(C)cc3=O)n2)cc1. The minimum atomic E-state index is -0.276. The zero-order valence-electron chi connectivity index (χ0n) is 17.7. The van der Waals surface area contributed by atoms with Crippen molar-refractivity contribution in [1.29, 1.82) is 0 Å². The molecule has 3 rings (SSSR count). The number of anilines is 3. The van der Waals surface area contributed by atoms with Gasteiger partial charge in [0, 0.05) is 42.3 Å². The molecule has 0 aliphatic heterocycles. The molecule has 0 radical (unpaired) electrons. The Kier molecular flexibility index (Phi) is 7.15. The van der Waals surface area contributed by atoms with Crippen molar-refractivity contribution in [3.63, 3.8) is 0 Å². The summed E-state index contributed by atoms with van der Waals surface area (Å²) in [5.41, 5.74) is 2.03.